The zero-order valence-corrected chi connectivity index (χ0v) is 23.0. The number of aliphatic hydroxyl groups excluding tert-OH is 3. The minimum atomic E-state index is -2.43. The molecule has 0 aromatic heterocycles. The summed E-state index contributed by atoms with van der Waals surface area (Å²) in [5.74, 6) is 0.809. The van der Waals surface area contributed by atoms with Crippen LogP contribution < -0.4 is 4.74 Å². The molecule has 5 atom stereocenters. The molecular formula is C27H39ClO6Si. The fourth-order valence-electron chi connectivity index (χ4n) is 4.27. The topological polar surface area (TPSA) is 99.4 Å². The molecule has 0 bridgehead atoms. The highest BCUT2D eigenvalue weighted by Gasteiger charge is 2.46. The summed E-state index contributed by atoms with van der Waals surface area (Å²) in [6.07, 6.45) is -3.64. The van der Waals surface area contributed by atoms with E-state index in [2.05, 4.69) is 0 Å². The smallest absolute Gasteiger partial charge is 0.188 e. The second kappa shape index (κ2) is 11.3. The molecule has 5 unspecified atom stereocenters. The summed E-state index contributed by atoms with van der Waals surface area (Å²) in [5.41, 5.74) is 2.62. The van der Waals surface area contributed by atoms with E-state index < -0.39 is 38.8 Å². The van der Waals surface area contributed by atoms with Crippen molar-refractivity contribution in [2.24, 2.45) is 0 Å². The SMILES string of the molecule is CCOc1ccc(Cc2cc(C3OC(CCC(C)(C)[Si](C)(C)O)C(O)C(O)C3O)ccc2Cl)cc1. The lowest BCUT2D eigenvalue weighted by Gasteiger charge is -2.43. The van der Waals surface area contributed by atoms with Crippen LogP contribution in [0.2, 0.25) is 23.2 Å². The number of hydrogen-bond donors (Lipinski definition) is 4. The van der Waals surface area contributed by atoms with Gasteiger partial charge in [0.25, 0.3) is 0 Å². The number of benzene rings is 2. The van der Waals surface area contributed by atoms with Gasteiger partial charge >= 0.3 is 0 Å². The Hall–Kier alpha value is -1.45. The van der Waals surface area contributed by atoms with Crippen molar-refractivity contribution in [2.45, 2.75) is 88.7 Å². The second-order valence-electron chi connectivity index (χ2n) is 10.7. The Morgan fingerprint density at radius 2 is 1.66 bits per heavy atom. The van der Waals surface area contributed by atoms with Gasteiger partial charge in [0.1, 0.15) is 30.2 Å². The molecule has 0 spiro atoms. The Morgan fingerprint density at radius 3 is 2.26 bits per heavy atom. The van der Waals surface area contributed by atoms with Gasteiger partial charge in [0.05, 0.1) is 12.7 Å². The van der Waals surface area contributed by atoms with E-state index in [4.69, 9.17) is 21.1 Å². The highest BCUT2D eigenvalue weighted by Crippen LogP contribution is 2.43. The van der Waals surface area contributed by atoms with Crippen LogP contribution in [0.1, 0.15) is 56.4 Å². The van der Waals surface area contributed by atoms with Gasteiger partial charge in [0.2, 0.25) is 0 Å². The first-order valence-electron chi connectivity index (χ1n) is 12.3. The molecule has 1 saturated heterocycles. The molecule has 3 rings (SSSR count). The van der Waals surface area contributed by atoms with E-state index in [1.54, 1.807) is 12.1 Å². The average Bonchev–Trinajstić information content (AvgIpc) is 2.79. The predicted molar refractivity (Wildman–Crippen MR) is 140 cm³/mol. The molecule has 2 aromatic carbocycles. The Bertz CT molecular complexity index is 975. The maximum Gasteiger partial charge on any atom is 0.188 e. The van der Waals surface area contributed by atoms with Crippen LogP contribution in [0.25, 0.3) is 0 Å². The molecule has 194 valence electrons. The van der Waals surface area contributed by atoms with Gasteiger partial charge in [-0.15, -0.1) is 0 Å². The number of hydrogen-bond acceptors (Lipinski definition) is 6. The van der Waals surface area contributed by atoms with Crippen molar-refractivity contribution in [1.29, 1.82) is 0 Å². The lowest BCUT2D eigenvalue weighted by atomic mass is 9.87. The summed E-state index contributed by atoms with van der Waals surface area (Å²) < 4.78 is 11.7. The predicted octanol–water partition coefficient (Wildman–Crippen LogP) is 4.61. The Morgan fingerprint density at radius 1 is 1.00 bits per heavy atom. The highest BCUT2D eigenvalue weighted by atomic mass is 35.5. The van der Waals surface area contributed by atoms with E-state index in [1.807, 2.05) is 64.2 Å². The fourth-order valence-corrected chi connectivity index (χ4v) is 5.21. The van der Waals surface area contributed by atoms with Crippen molar-refractivity contribution in [3.05, 3.63) is 64.2 Å². The molecule has 0 radical (unpaired) electrons. The normalized spacial score (nSPS) is 25.5. The summed E-state index contributed by atoms with van der Waals surface area (Å²) in [7, 11) is -2.43. The van der Waals surface area contributed by atoms with Crippen molar-refractivity contribution in [3.63, 3.8) is 0 Å². The number of rotatable bonds is 9. The molecule has 2 aromatic rings. The molecule has 35 heavy (non-hydrogen) atoms. The maximum absolute atomic E-state index is 10.8. The molecule has 8 heteroatoms. The zero-order valence-electron chi connectivity index (χ0n) is 21.2. The Kier molecular flexibility index (Phi) is 9.08. The molecule has 0 amide bonds. The van der Waals surface area contributed by atoms with Gasteiger partial charge in [-0.3, -0.25) is 0 Å². The fraction of sp³-hybridized carbons (Fsp3) is 0.556. The quantitative estimate of drug-likeness (QED) is 0.359. The first-order chi connectivity index (χ1) is 16.3. The molecule has 1 aliphatic heterocycles. The van der Waals surface area contributed by atoms with Gasteiger partial charge < -0.3 is 29.6 Å². The van der Waals surface area contributed by atoms with E-state index in [9.17, 15) is 20.1 Å². The minimum Gasteiger partial charge on any atom is -0.494 e. The minimum absolute atomic E-state index is 0.294. The maximum atomic E-state index is 10.8. The van der Waals surface area contributed by atoms with Gasteiger partial charge in [-0.1, -0.05) is 49.7 Å². The van der Waals surface area contributed by atoms with Crippen LogP contribution in [0.15, 0.2) is 42.5 Å². The van der Waals surface area contributed by atoms with Crippen molar-refractivity contribution >= 4 is 19.9 Å². The highest BCUT2D eigenvalue weighted by molar-refractivity contribution is 6.72. The molecule has 1 fully saturated rings. The van der Waals surface area contributed by atoms with Gasteiger partial charge in [-0.05, 0) is 79.2 Å². The van der Waals surface area contributed by atoms with Crippen LogP contribution in [0.3, 0.4) is 0 Å². The molecule has 6 nitrogen and oxygen atoms in total. The molecular weight excluding hydrogens is 484 g/mol. The zero-order chi connectivity index (χ0) is 26.0. The molecule has 0 saturated carbocycles. The van der Waals surface area contributed by atoms with Crippen LogP contribution in [0, 0.1) is 0 Å². The molecule has 4 N–H and O–H groups in total. The Labute approximate surface area is 214 Å². The molecule has 1 heterocycles. The number of halogens is 1. The summed E-state index contributed by atoms with van der Waals surface area (Å²) in [4.78, 5) is 10.6. The summed E-state index contributed by atoms with van der Waals surface area (Å²) in [5, 5.41) is 32.3. The van der Waals surface area contributed by atoms with Crippen LogP contribution in [0.4, 0.5) is 0 Å². The molecule has 0 aliphatic carbocycles. The van der Waals surface area contributed by atoms with Crippen LogP contribution in [-0.2, 0) is 11.2 Å². The van der Waals surface area contributed by atoms with E-state index in [-0.39, 0.29) is 5.04 Å². The van der Waals surface area contributed by atoms with Crippen LogP contribution >= 0.6 is 11.6 Å². The van der Waals surface area contributed by atoms with Crippen molar-refractivity contribution in [1.82, 2.24) is 0 Å². The third-order valence-corrected chi connectivity index (χ3v) is 11.4. The number of aliphatic hydroxyl groups is 3. The summed E-state index contributed by atoms with van der Waals surface area (Å²) in [6, 6.07) is 13.3. The van der Waals surface area contributed by atoms with E-state index >= 15 is 0 Å². The molecule has 1 aliphatic rings. The van der Waals surface area contributed by atoms with Crippen molar-refractivity contribution in [3.8, 4) is 5.75 Å². The average molecular weight is 523 g/mol. The van der Waals surface area contributed by atoms with Crippen molar-refractivity contribution in [2.75, 3.05) is 6.61 Å². The largest absolute Gasteiger partial charge is 0.494 e. The third-order valence-electron chi connectivity index (χ3n) is 7.45. The first-order valence-corrected chi connectivity index (χ1v) is 15.6. The van der Waals surface area contributed by atoms with Gasteiger partial charge in [-0.25, -0.2) is 0 Å². The van der Waals surface area contributed by atoms with Gasteiger partial charge in [-0.2, -0.15) is 0 Å². The summed E-state index contributed by atoms with van der Waals surface area (Å²) >= 11 is 6.49. The Balaban J connectivity index is 1.79. The van der Waals surface area contributed by atoms with Gasteiger partial charge in [0, 0.05) is 5.02 Å². The van der Waals surface area contributed by atoms with E-state index in [0.29, 0.717) is 36.5 Å². The van der Waals surface area contributed by atoms with Crippen LogP contribution in [0.5, 0.6) is 5.75 Å². The summed E-state index contributed by atoms with van der Waals surface area (Å²) in [6.45, 7) is 10.4. The first kappa shape index (κ1) is 28.1. The lowest BCUT2D eigenvalue weighted by molar-refractivity contribution is -0.226. The van der Waals surface area contributed by atoms with Gasteiger partial charge in [0.15, 0.2) is 8.32 Å². The lowest BCUT2D eigenvalue weighted by Crippen LogP contribution is -2.54. The monoisotopic (exact) mass is 522 g/mol. The van der Waals surface area contributed by atoms with Crippen LogP contribution in [-0.4, -0.2) is 59.5 Å². The second-order valence-corrected chi connectivity index (χ2v) is 15.5. The standard InChI is InChI=1S/C27H39ClO6Si/c1-6-33-20-10-7-17(8-11-20)15-19-16-18(9-12-21(19)28)26-25(31)24(30)23(29)22(34-26)13-14-27(2,3)35(4,5)32/h7-12,16,22-26,29-32H,6,13-15H2,1-5H3. The van der Waals surface area contributed by atoms with E-state index in [1.165, 1.54) is 0 Å². The van der Waals surface area contributed by atoms with E-state index in [0.717, 1.165) is 16.9 Å². The third kappa shape index (κ3) is 6.66. The van der Waals surface area contributed by atoms with Crippen molar-refractivity contribution < 1.29 is 29.6 Å². The number of ether oxygens (including phenoxy) is 2.